The van der Waals surface area contributed by atoms with Gasteiger partial charge in [0.15, 0.2) is 9.84 Å². The van der Waals surface area contributed by atoms with E-state index in [1.165, 1.54) is 6.26 Å². The van der Waals surface area contributed by atoms with Crippen LogP contribution in [-0.2, 0) is 9.84 Å². The Labute approximate surface area is 184 Å². The molecular weight excluding hydrogens is 416 g/mol. The van der Waals surface area contributed by atoms with Gasteiger partial charge in [-0.2, -0.15) is 0 Å². The number of aromatic nitrogens is 2. The molecule has 0 radical (unpaired) electrons. The summed E-state index contributed by atoms with van der Waals surface area (Å²) in [6.45, 7) is 4.21. The van der Waals surface area contributed by atoms with E-state index in [2.05, 4.69) is 23.6 Å². The number of imidazole rings is 1. The maximum Gasteiger partial charge on any atom is 0.175 e. The molecule has 30 heavy (non-hydrogen) atoms. The van der Waals surface area contributed by atoms with Crippen molar-refractivity contribution in [3.8, 4) is 16.9 Å². The van der Waals surface area contributed by atoms with Crippen LogP contribution in [0, 0.1) is 0 Å². The maximum atomic E-state index is 11.8. The van der Waals surface area contributed by atoms with E-state index in [4.69, 9.17) is 16.6 Å². The minimum atomic E-state index is -3.23. The van der Waals surface area contributed by atoms with Gasteiger partial charge in [0.25, 0.3) is 0 Å². The second kappa shape index (κ2) is 9.80. The van der Waals surface area contributed by atoms with E-state index >= 15 is 0 Å². The van der Waals surface area contributed by atoms with E-state index in [0.29, 0.717) is 4.90 Å². The molecule has 6 heteroatoms. The molecule has 160 valence electrons. The van der Waals surface area contributed by atoms with Gasteiger partial charge in [-0.05, 0) is 50.5 Å². The first-order valence-electron chi connectivity index (χ1n) is 10.4. The molecule has 0 bridgehead atoms. The van der Waals surface area contributed by atoms with Gasteiger partial charge in [0.05, 0.1) is 10.6 Å². The van der Waals surface area contributed by atoms with Crippen LogP contribution in [0.3, 0.4) is 0 Å². The lowest BCUT2D eigenvalue weighted by molar-refractivity contribution is 0.514. The number of benzene rings is 2. The normalized spacial score (nSPS) is 13.9. The van der Waals surface area contributed by atoms with E-state index in [9.17, 15) is 8.42 Å². The van der Waals surface area contributed by atoms with Gasteiger partial charge >= 0.3 is 0 Å². The summed E-state index contributed by atoms with van der Waals surface area (Å²) in [5.41, 5.74) is 2.89. The Kier molecular flexibility index (Phi) is 7.37. The highest BCUT2D eigenvalue weighted by atomic mass is 35.5. The van der Waals surface area contributed by atoms with Gasteiger partial charge in [0, 0.05) is 35.0 Å². The van der Waals surface area contributed by atoms with Crippen molar-refractivity contribution in [3.05, 3.63) is 66.6 Å². The summed E-state index contributed by atoms with van der Waals surface area (Å²) in [6.07, 6.45) is 7.24. The van der Waals surface area contributed by atoms with Crippen LogP contribution >= 0.6 is 11.6 Å². The Hall–Kier alpha value is -2.11. The molecule has 0 saturated carbocycles. The highest BCUT2D eigenvalue weighted by Crippen LogP contribution is 2.32. The summed E-state index contributed by atoms with van der Waals surface area (Å²) in [5, 5.41) is 0.121. The molecule has 0 aliphatic heterocycles. The van der Waals surface area contributed by atoms with Gasteiger partial charge < -0.3 is 4.57 Å². The van der Waals surface area contributed by atoms with Crippen LogP contribution in [0.5, 0.6) is 0 Å². The van der Waals surface area contributed by atoms with Crippen molar-refractivity contribution < 1.29 is 8.42 Å². The average Bonchev–Trinajstić information content (AvgIpc) is 3.16. The van der Waals surface area contributed by atoms with E-state index in [1.54, 1.807) is 12.1 Å². The van der Waals surface area contributed by atoms with Gasteiger partial charge in [0.2, 0.25) is 0 Å². The number of rotatable bonds is 9. The van der Waals surface area contributed by atoms with Crippen LogP contribution in [0.25, 0.3) is 16.9 Å². The molecule has 4 nitrogen and oxygen atoms in total. The van der Waals surface area contributed by atoms with Crippen molar-refractivity contribution in [1.82, 2.24) is 9.55 Å². The molecule has 0 aliphatic rings. The van der Waals surface area contributed by atoms with Gasteiger partial charge in [-0.15, -0.1) is 11.6 Å². The first-order valence-corrected chi connectivity index (χ1v) is 12.7. The lowest BCUT2D eigenvalue weighted by atomic mass is 9.96. The average molecular weight is 445 g/mol. The quantitative estimate of drug-likeness (QED) is 0.367. The Morgan fingerprint density at radius 2 is 1.67 bits per heavy atom. The summed E-state index contributed by atoms with van der Waals surface area (Å²) in [7, 11) is -3.23. The largest absolute Gasteiger partial charge is 0.303 e. The second-order valence-corrected chi connectivity index (χ2v) is 10.6. The van der Waals surface area contributed by atoms with Crippen molar-refractivity contribution in [2.45, 2.75) is 55.7 Å². The van der Waals surface area contributed by atoms with Crippen molar-refractivity contribution in [1.29, 1.82) is 0 Å². The zero-order valence-corrected chi connectivity index (χ0v) is 19.3. The summed E-state index contributed by atoms with van der Waals surface area (Å²) >= 11 is 6.24. The number of hydrogen-bond acceptors (Lipinski definition) is 3. The molecular formula is C24H29ClN2O2S. The first kappa shape index (κ1) is 22.6. The molecule has 2 unspecified atom stereocenters. The van der Waals surface area contributed by atoms with Crippen LogP contribution < -0.4 is 0 Å². The van der Waals surface area contributed by atoms with Crippen LogP contribution in [0.15, 0.2) is 65.7 Å². The number of halogens is 1. The molecule has 0 aliphatic carbocycles. The number of hydrogen-bond donors (Lipinski definition) is 0. The maximum absolute atomic E-state index is 11.8. The molecule has 2 aromatic carbocycles. The Morgan fingerprint density at radius 3 is 2.23 bits per heavy atom. The summed E-state index contributed by atoms with van der Waals surface area (Å²) in [6, 6.07) is 17.1. The molecule has 3 aromatic rings. The zero-order valence-electron chi connectivity index (χ0n) is 17.8. The smallest absolute Gasteiger partial charge is 0.175 e. The summed E-state index contributed by atoms with van der Waals surface area (Å²) in [5.74, 6) is 1.28. The monoisotopic (exact) mass is 444 g/mol. The van der Waals surface area contributed by atoms with Crippen LogP contribution in [0.1, 0.15) is 51.3 Å². The fourth-order valence-electron chi connectivity index (χ4n) is 3.67. The first-order chi connectivity index (χ1) is 14.3. The van der Waals surface area contributed by atoms with Gasteiger partial charge in [0.1, 0.15) is 5.82 Å². The standard InChI is InChI=1S/C24H29ClN2O2S/c1-4-8-20(12-11-18(2)25)24-26-23(19-9-6-5-7-10-19)17-27(24)21-13-15-22(16-14-21)30(3,28)29/h5-7,9-10,13-18,20H,4,8,11-12H2,1-3H3. The van der Waals surface area contributed by atoms with E-state index < -0.39 is 9.84 Å². The third kappa shape index (κ3) is 5.52. The molecule has 2 atom stereocenters. The lowest BCUT2D eigenvalue weighted by Crippen LogP contribution is -2.09. The Balaban J connectivity index is 2.08. The molecule has 0 N–H and O–H groups in total. The third-order valence-corrected chi connectivity index (χ3v) is 6.61. The summed E-state index contributed by atoms with van der Waals surface area (Å²) in [4.78, 5) is 5.34. The van der Waals surface area contributed by atoms with Crippen LogP contribution in [0.4, 0.5) is 0 Å². The third-order valence-electron chi connectivity index (χ3n) is 5.26. The van der Waals surface area contributed by atoms with Gasteiger partial charge in [-0.25, -0.2) is 13.4 Å². The lowest BCUT2D eigenvalue weighted by Gasteiger charge is -2.18. The minimum Gasteiger partial charge on any atom is -0.303 e. The van der Waals surface area contributed by atoms with Crippen LogP contribution in [0.2, 0.25) is 0 Å². The van der Waals surface area contributed by atoms with Gasteiger partial charge in [-0.3, -0.25) is 0 Å². The molecule has 3 rings (SSSR count). The van der Waals surface area contributed by atoms with Crippen molar-refractivity contribution in [3.63, 3.8) is 0 Å². The van der Waals surface area contributed by atoms with E-state index in [1.807, 2.05) is 43.5 Å². The molecule has 0 saturated heterocycles. The van der Waals surface area contributed by atoms with Gasteiger partial charge in [-0.1, -0.05) is 43.7 Å². The molecule has 0 spiro atoms. The van der Waals surface area contributed by atoms with Crippen LogP contribution in [-0.4, -0.2) is 29.6 Å². The van der Waals surface area contributed by atoms with E-state index in [-0.39, 0.29) is 11.3 Å². The highest BCUT2D eigenvalue weighted by molar-refractivity contribution is 7.90. The predicted molar refractivity (Wildman–Crippen MR) is 124 cm³/mol. The Bertz CT molecular complexity index is 1060. The number of sulfone groups is 1. The zero-order chi connectivity index (χ0) is 21.7. The SMILES string of the molecule is CCCC(CCC(C)Cl)c1nc(-c2ccccc2)cn1-c1ccc(S(C)(=O)=O)cc1. The van der Waals surface area contributed by atoms with E-state index in [0.717, 1.165) is 48.5 Å². The van der Waals surface area contributed by atoms with Crippen molar-refractivity contribution >= 4 is 21.4 Å². The number of alkyl halides is 1. The molecule has 0 fully saturated rings. The number of nitrogens with zero attached hydrogens (tertiary/aromatic N) is 2. The van der Waals surface area contributed by atoms with Crippen molar-refractivity contribution in [2.24, 2.45) is 0 Å². The molecule has 1 aromatic heterocycles. The minimum absolute atomic E-state index is 0.121. The predicted octanol–water partition coefficient (Wildman–Crippen LogP) is 6.23. The fourth-order valence-corrected chi connectivity index (χ4v) is 4.43. The molecule has 0 amide bonds. The van der Waals surface area contributed by atoms with Crippen molar-refractivity contribution in [2.75, 3.05) is 6.26 Å². The highest BCUT2D eigenvalue weighted by Gasteiger charge is 2.21. The topological polar surface area (TPSA) is 52.0 Å². The Morgan fingerprint density at radius 1 is 1.00 bits per heavy atom. The summed E-state index contributed by atoms with van der Waals surface area (Å²) < 4.78 is 25.8. The fraction of sp³-hybridized carbons (Fsp3) is 0.375. The second-order valence-electron chi connectivity index (χ2n) is 7.83. The molecule has 1 heterocycles.